The molecule has 0 aliphatic heterocycles. The van der Waals surface area contributed by atoms with Gasteiger partial charge in [-0.15, -0.1) is 0 Å². The molecule has 1 rings (SSSR count). The fraction of sp³-hybridized carbons (Fsp3) is 0.400. The monoisotopic (exact) mass is 274 g/mol. The molecule has 18 heavy (non-hydrogen) atoms. The minimum Gasteiger partial charge on any atom is -0.386 e. The number of hydrogen-bond donors (Lipinski definition) is 1. The summed E-state index contributed by atoms with van der Waals surface area (Å²) in [6.45, 7) is -2.52. The predicted octanol–water partition coefficient (Wildman–Crippen LogP) is 2.72. The molecule has 0 amide bonds. The Hall–Kier alpha value is -1.28. The third-order valence-electron chi connectivity index (χ3n) is 1.97. The Morgan fingerprint density at radius 1 is 1.11 bits per heavy atom. The molecule has 1 aromatic rings. The number of halogens is 6. The van der Waals surface area contributed by atoms with Gasteiger partial charge in [-0.1, -0.05) is 6.07 Å². The minimum absolute atomic E-state index is 0.556. The zero-order chi connectivity index (χ0) is 13.9. The minimum atomic E-state index is -4.59. The summed E-state index contributed by atoms with van der Waals surface area (Å²) in [6.07, 6.45) is -6.41. The number of hydrogen-bond acceptors (Lipinski definition) is 2. The van der Waals surface area contributed by atoms with E-state index in [-0.39, 0.29) is 0 Å². The molecule has 2 nitrogen and oxygen atoms in total. The summed E-state index contributed by atoms with van der Waals surface area (Å²) in [5, 5.41) is 9.29. The Morgan fingerprint density at radius 3 is 2.28 bits per heavy atom. The first kappa shape index (κ1) is 14.8. The summed E-state index contributed by atoms with van der Waals surface area (Å²) >= 11 is 0. The van der Waals surface area contributed by atoms with Gasteiger partial charge in [0, 0.05) is 5.56 Å². The number of aliphatic hydroxyl groups is 1. The lowest BCUT2D eigenvalue weighted by Gasteiger charge is -2.14. The van der Waals surface area contributed by atoms with Crippen LogP contribution in [0, 0.1) is 17.5 Å². The summed E-state index contributed by atoms with van der Waals surface area (Å²) in [5.74, 6) is -4.92. The van der Waals surface area contributed by atoms with Crippen LogP contribution in [-0.2, 0) is 4.74 Å². The van der Waals surface area contributed by atoms with Crippen molar-refractivity contribution in [1.29, 1.82) is 0 Å². The molecule has 0 saturated carbocycles. The molecule has 0 spiro atoms. The molecule has 1 unspecified atom stereocenters. The Bertz CT molecular complexity index is 418. The second-order valence-corrected chi connectivity index (χ2v) is 3.41. The summed E-state index contributed by atoms with van der Waals surface area (Å²) in [4.78, 5) is 0. The Balaban J connectivity index is 2.68. The van der Waals surface area contributed by atoms with E-state index in [9.17, 15) is 31.4 Å². The summed E-state index contributed by atoms with van der Waals surface area (Å²) < 4.78 is 77.7. The quantitative estimate of drug-likeness (QED) is 0.675. The molecule has 1 aromatic carbocycles. The third-order valence-corrected chi connectivity index (χ3v) is 1.97. The Kier molecular flexibility index (Phi) is 4.58. The van der Waals surface area contributed by atoms with E-state index in [1.54, 1.807) is 0 Å². The Labute approximate surface area is 97.8 Å². The van der Waals surface area contributed by atoms with E-state index < -0.39 is 48.5 Å². The Morgan fingerprint density at radius 2 is 1.72 bits per heavy atom. The van der Waals surface area contributed by atoms with Crippen molar-refractivity contribution >= 4 is 0 Å². The van der Waals surface area contributed by atoms with Crippen LogP contribution in [0.4, 0.5) is 26.3 Å². The topological polar surface area (TPSA) is 29.5 Å². The van der Waals surface area contributed by atoms with Crippen LogP contribution >= 0.6 is 0 Å². The van der Waals surface area contributed by atoms with Gasteiger partial charge in [0.1, 0.15) is 12.7 Å². The highest BCUT2D eigenvalue weighted by molar-refractivity contribution is 5.22. The molecule has 0 saturated heterocycles. The molecule has 0 radical (unpaired) electrons. The molecule has 0 aliphatic carbocycles. The maximum Gasteiger partial charge on any atom is 0.411 e. The molecule has 1 N–H and O–H groups in total. The van der Waals surface area contributed by atoms with E-state index in [4.69, 9.17) is 0 Å². The second kappa shape index (κ2) is 5.57. The zero-order valence-electron chi connectivity index (χ0n) is 8.77. The predicted molar refractivity (Wildman–Crippen MR) is 48.1 cm³/mol. The maximum atomic E-state index is 13.1. The molecule has 0 aliphatic rings. The van der Waals surface area contributed by atoms with Crippen LogP contribution in [0.25, 0.3) is 0 Å². The van der Waals surface area contributed by atoms with Gasteiger partial charge < -0.3 is 9.84 Å². The molecule has 0 aromatic heterocycles. The van der Waals surface area contributed by atoms with Crippen molar-refractivity contribution in [2.45, 2.75) is 12.3 Å². The van der Waals surface area contributed by atoms with E-state index in [2.05, 4.69) is 4.74 Å². The van der Waals surface area contributed by atoms with E-state index in [0.29, 0.717) is 6.07 Å². The smallest absolute Gasteiger partial charge is 0.386 e. The average molecular weight is 274 g/mol. The molecule has 1 atom stereocenters. The van der Waals surface area contributed by atoms with Crippen LogP contribution in [0.3, 0.4) is 0 Å². The molecule has 8 heteroatoms. The normalized spacial score (nSPS) is 13.7. The van der Waals surface area contributed by atoms with Crippen molar-refractivity contribution in [2.75, 3.05) is 13.2 Å². The van der Waals surface area contributed by atoms with Gasteiger partial charge in [0.15, 0.2) is 17.5 Å². The molecular weight excluding hydrogens is 266 g/mol. The number of ether oxygens (including phenoxy) is 1. The van der Waals surface area contributed by atoms with Crippen LogP contribution in [0.5, 0.6) is 0 Å². The number of alkyl halides is 3. The van der Waals surface area contributed by atoms with E-state index in [1.165, 1.54) is 0 Å². The van der Waals surface area contributed by atoms with Gasteiger partial charge in [-0.2, -0.15) is 13.2 Å². The first-order valence-corrected chi connectivity index (χ1v) is 4.68. The van der Waals surface area contributed by atoms with Crippen molar-refractivity contribution in [3.8, 4) is 0 Å². The van der Waals surface area contributed by atoms with Crippen molar-refractivity contribution in [3.63, 3.8) is 0 Å². The van der Waals surface area contributed by atoms with Crippen LogP contribution in [0.1, 0.15) is 11.7 Å². The van der Waals surface area contributed by atoms with Crippen LogP contribution < -0.4 is 0 Å². The van der Waals surface area contributed by atoms with Crippen LogP contribution in [-0.4, -0.2) is 24.5 Å². The standard InChI is InChI=1S/C10H8F6O2/c11-6-2-1-5(8(12)9(6)13)7(17)3-18-4-10(14,15)16/h1-2,7,17H,3-4H2. The van der Waals surface area contributed by atoms with Crippen LogP contribution in [0.2, 0.25) is 0 Å². The van der Waals surface area contributed by atoms with Crippen LogP contribution in [0.15, 0.2) is 12.1 Å². The number of rotatable bonds is 4. The molecular formula is C10H8F6O2. The SMILES string of the molecule is OC(COCC(F)(F)F)c1ccc(F)c(F)c1F. The highest BCUT2D eigenvalue weighted by Crippen LogP contribution is 2.22. The van der Waals surface area contributed by atoms with Crippen molar-refractivity contribution in [2.24, 2.45) is 0 Å². The van der Waals surface area contributed by atoms with Gasteiger partial charge in [-0.25, -0.2) is 13.2 Å². The molecule has 0 bridgehead atoms. The molecule has 0 heterocycles. The first-order valence-electron chi connectivity index (χ1n) is 4.68. The lowest BCUT2D eigenvalue weighted by Crippen LogP contribution is -2.20. The van der Waals surface area contributed by atoms with Crippen molar-refractivity contribution < 1.29 is 36.2 Å². The van der Waals surface area contributed by atoms with Gasteiger partial charge in [0.2, 0.25) is 0 Å². The van der Waals surface area contributed by atoms with E-state index in [0.717, 1.165) is 6.07 Å². The lowest BCUT2D eigenvalue weighted by atomic mass is 10.1. The second-order valence-electron chi connectivity index (χ2n) is 3.41. The third kappa shape index (κ3) is 3.88. The lowest BCUT2D eigenvalue weighted by molar-refractivity contribution is -0.179. The van der Waals surface area contributed by atoms with Gasteiger partial charge in [0.25, 0.3) is 0 Å². The zero-order valence-corrected chi connectivity index (χ0v) is 8.77. The highest BCUT2D eigenvalue weighted by Gasteiger charge is 2.28. The fourth-order valence-corrected chi connectivity index (χ4v) is 1.17. The van der Waals surface area contributed by atoms with Gasteiger partial charge in [-0.05, 0) is 6.07 Å². The van der Waals surface area contributed by atoms with E-state index in [1.807, 2.05) is 0 Å². The number of aliphatic hydroxyl groups excluding tert-OH is 1. The highest BCUT2D eigenvalue weighted by atomic mass is 19.4. The first-order chi connectivity index (χ1) is 8.22. The fourth-order valence-electron chi connectivity index (χ4n) is 1.17. The number of benzene rings is 1. The van der Waals surface area contributed by atoms with Crippen molar-refractivity contribution in [3.05, 3.63) is 35.1 Å². The van der Waals surface area contributed by atoms with Gasteiger partial charge >= 0.3 is 6.18 Å². The maximum absolute atomic E-state index is 13.1. The molecule has 102 valence electrons. The van der Waals surface area contributed by atoms with Gasteiger partial charge in [-0.3, -0.25) is 0 Å². The summed E-state index contributed by atoms with van der Waals surface area (Å²) in [5.41, 5.74) is -0.670. The largest absolute Gasteiger partial charge is 0.411 e. The van der Waals surface area contributed by atoms with Crippen molar-refractivity contribution in [1.82, 2.24) is 0 Å². The summed E-state index contributed by atoms with van der Waals surface area (Å²) in [6, 6.07) is 1.29. The average Bonchev–Trinajstić information content (AvgIpc) is 2.24. The van der Waals surface area contributed by atoms with Gasteiger partial charge in [0.05, 0.1) is 6.61 Å². The molecule has 0 fully saturated rings. The van der Waals surface area contributed by atoms with E-state index >= 15 is 0 Å². The summed E-state index contributed by atoms with van der Waals surface area (Å²) in [7, 11) is 0.